The second kappa shape index (κ2) is 5.21. The van der Waals surface area contributed by atoms with Crippen molar-refractivity contribution in [2.75, 3.05) is 6.61 Å². The molecule has 0 aliphatic rings. The Kier molecular flexibility index (Phi) is 3.43. The molecule has 0 radical (unpaired) electrons. The Balaban J connectivity index is 1.87. The first-order valence-corrected chi connectivity index (χ1v) is 5.00. The average molecular weight is 218 g/mol. The lowest BCUT2D eigenvalue weighted by molar-refractivity contribution is 0.304. The van der Waals surface area contributed by atoms with Crippen LogP contribution in [-0.2, 0) is 6.42 Å². The van der Waals surface area contributed by atoms with Crippen LogP contribution in [0.5, 0.6) is 5.88 Å². The van der Waals surface area contributed by atoms with E-state index in [2.05, 4.69) is 10.2 Å². The van der Waals surface area contributed by atoms with E-state index in [0.717, 1.165) is 0 Å². The van der Waals surface area contributed by atoms with Gasteiger partial charge >= 0.3 is 0 Å². The van der Waals surface area contributed by atoms with E-state index < -0.39 is 0 Å². The van der Waals surface area contributed by atoms with E-state index in [1.165, 1.54) is 6.07 Å². The normalized spacial score (nSPS) is 10.1. The van der Waals surface area contributed by atoms with Crippen LogP contribution in [0.4, 0.5) is 4.39 Å². The maximum absolute atomic E-state index is 13.2. The Hall–Kier alpha value is -1.97. The molecule has 1 aromatic heterocycles. The first-order valence-electron chi connectivity index (χ1n) is 5.00. The predicted molar refractivity (Wildman–Crippen MR) is 57.6 cm³/mol. The number of aromatic nitrogens is 2. The topological polar surface area (TPSA) is 35.0 Å². The van der Waals surface area contributed by atoms with Gasteiger partial charge in [-0.25, -0.2) is 4.39 Å². The Labute approximate surface area is 92.9 Å². The summed E-state index contributed by atoms with van der Waals surface area (Å²) < 4.78 is 18.6. The van der Waals surface area contributed by atoms with Gasteiger partial charge in [0.1, 0.15) is 5.82 Å². The number of ether oxygens (including phenoxy) is 1. The average Bonchev–Trinajstić information content (AvgIpc) is 2.33. The van der Waals surface area contributed by atoms with E-state index in [1.54, 1.807) is 36.5 Å². The molecule has 16 heavy (non-hydrogen) atoms. The first kappa shape index (κ1) is 10.5. The quantitative estimate of drug-likeness (QED) is 0.789. The van der Waals surface area contributed by atoms with Crippen molar-refractivity contribution in [3.63, 3.8) is 0 Å². The van der Waals surface area contributed by atoms with Crippen LogP contribution < -0.4 is 4.74 Å². The molecule has 2 rings (SSSR count). The fraction of sp³-hybridized carbons (Fsp3) is 0.167. The summed E-state index contributed by atoms with van der Waals surface area (Å²) in [7, 11) is 0. The molecule has 0 bridgehead atoms. The highest BCUT2D eigenvalue weighted by Crippen LogP contribution is 2.08. The summed E-state index contributed by atoms with van der Waals surface area (Å²) in [6, 6.07) is 10.1. The van der Waals surface area contributed by atoms with Gasteiger partial charge < -0.3 is 4.74 Å². The number of nitrogens with zero attached hydrogens (tertiary/aromatic N) is 2. The minimum absolute atomic E-state index is 0.203. The highest BCUT2D eigenvalue weighted by molar-refractivity contribution is 5.17. The maximum atomic E-state index is 13.2. The van der Waals surface area contributed by atoms with E-state index in [-0.39, 0.29) is 5.82 Å². The molecule has 0 fully saturated rings. The summed E-state index contributed by atoms with van der Waals surface area (Å²) in [6.07, 6.45) is 2.09. The molecule has 1 aromatic carbocycles. The molecule has 3 nitrogen and oxygen atoms in total. The van der Waals surface area contributed by atoms with Crippen LogP contribution in [0.25, 0.3) is 0 Å². The Morgan fingerprint density at radius 2 is 2.00 bits per heavy atom. The van der Waals surface area contributed by atoms with Crippen LogP contribution in [0.3, 0.4) is 0 Å². The molecule has 2 aromatic rings. The minimum atomic E-state index is -0.203. The largest absolute Gasteiger partial charge is 0.476 e. The zero-order valence-electron chi connectivity index (χ0n) is 8.64. The van der Waals surface area contributed by atoms with Gasteiger partial charge in [-0.05, 0) is 17.7 Å². The Morgan fingerprint density at radius 1 is 1.12 bits per heavy atom. The molecule has 0 N–H and O–H groups in total. The molecule has 0 aliphatic carbocycles. The van der Waals surface area contributed by atoms with Gasteiger partial charge in [0.15, 0.2) is 0 Å². The highest BCUT2D eigenvalue weighted by Gasteiger charge is 2.01. The van der Waals surface area contributed by atoms with Crippen molar-refractivity contribution in [3.8, 4) is 5.88 Å². The van der Waals surface area contributed by atoms with Gasteiger partial charge in [0.25, 0.3) is 0 Å². The van der Waals surface area contributed by atoms with Gasteiger partial charge in [-0.2, -0.15) is 5.10 Å². The molecule has 1 heterocycles. The molecular formula is C12H11FN2O. The molecule has 0 atom stereocenters. The molecule has 4 heteroatoms. The van der Waals surface area contributed by atoms with Crippen LogP contribution in [0, 0.1) is 5.82 Å². The molecule has 0 amide bonds. The molecule has 0 spiro atoms. The maximum Gasteiger partial charge on any atom is 0.233 e. The van der Waals surface area contributed by atoms with Crippen LogP contribution in [0.2, 0.25) is 0 Å². The Morgan fingerprint density at radius 3 is 2.75 bits per heavy atom. The van der Waals surface area contributed by atoms with Gasteiger partial charge in [-0.3, -0.25) is 0 Å². The lowest BCUT2D eigenvalue weighted by Crippen LogP contribution is -2.04. The number of halogens is 1. The van der Waals surface area contributed by atoms with Crippen LogP contribution >= 0.6 is 0 Å². The van der Waals surface area contributed by atoms with Gasteiger partial charge in [-0.1, -0.05) is 18.2 Å². The molecule has 0 saturated heterocycles. The van der Waals surface area contributed by atoms with Crippen molar-refractivity contribution in [1.82, 2.24) is 10.2 Å². The van der Waals surface area contributed by atoms with E-state index >= 15 is 0 Å². The fourth-order valence-corrected chi connectivity index (χ4v) is 1.33. The van der Waals surface area contributed by atoms with Crippen molar-refractivity contribution >= 4 is 0 Å². The second-order valence-corrected chi connectivity index (χ2v) is 3.25. The van der Waals surface area contributed by atoms with Crippen molar-refractivity contribution in [3.05, 3.63) is 54.0 Å². The fourth-order valence-electron chi connectivity index (χ4n) is 1.33. The monoisotopic (exact) mass is 218 g/mol. The number of rotatable bonds is 4. The standard InChI is InChI=1S/C12H11FN2O/c13-11-5-2-1-4-10(11)7-9-16-12-6-3-8-14-15-12/h1-6,8H,7,9H2. The summed E-state index contributed by atoms with van der Waals surface area (Å²) in [5.41, 5.74) is 0.645. The van der Waals surface area contributed by atoms with Gasteiger partial charge in [0, 0.05) is 18.7 Å². The zero-order valence-corrected chi connectivity index (χ0v) is 8.64. The third kappa shape index (κ3) is 2.76. The van der Waals surface area contributed by atoms with E-state index in [0.29, 0.717) is 24.5 Å². The van der Waals surface area contributed by atoms with Crippen LogP contribution in [-0.4, -0.2) is 16.8 Å². The second-order valence-electron chi connectivity index (χ2n) is 3.25. The van der Waals surface area contributed by atoms with Gasteiger partial charge in [0.2, 0.25) is 5.88 Å². The smallest absolute Gasteiger partial charge is 0.233 e. The van der Waals surface area contributed by atoms with E-state index in [9.17, 15) is 4.39 Å². The van der Waals surface area contributed by atoms with E-state index in [4.69, 9.17) is 4.74 Å². The Bertz CT molecular complexity index is 448. The van der Waals surface area contributed by atoms with Crippen molar-refractivity contribution in [2.45, 2.75) is 6.42 Å². The summed E-state index contributed by atoms with van der Waals surface area (Å²) in [5.74, 6) is 0.254. The van der Waals surface area contributed by atoms with Crippen LogP contribution in [0.15, 0.2) is 42.6 Å². The molecule has 82 valence electrons. The minimum Gasteiger partial charge on any atom is -0.476 e. The van der Waals surface area contributed by atoms with Gasteiger partial charge in [-0.15, -0.1) is 5.10 Å². The summed E-state index contributed by atoms with van der Waals surface area (Å²) in [4.78, 5) is 0. The van der Waals surface area contributed by atoms with E-state index in [1.807, 2.05) is 0 Å². The zero-order chi connectivity index (χ0) is 11.2. The number of benzene rings is 1. The third-order valence-electron chi connectivity index (χ3n) is 2.13. The summed E-state index contributed by atoms with van der Waals surface area (Å²) in [5, 5.41) is 7.45. The third-order valence-corrected chi connectivity index (χ3v) is 2.13. The van der Waals surface area contributed by atoms with Crippen molar-refractivity contribution in [2.24, 2.45) is 0 Å². The molecular weight excluding hydrogens is 207 g/mol. The summed E-state index contributed by atoms with van der Waals surface area (Å²) >= 11 is 0. The lowest BCUT2D eigenvalue weighted by atomic mass is 10.1. The summed E-state index contributed by atoms with van der Waals surface area (Å²) in [6.45, 7) is 0.389. The highest BCUT2D eigenvalue weighted by atomic mass is 19.1. The predicted octanol–water partition coefficient (Wildman–Crippen LogP) is 2.24. The SMILES string of the molecule is Fc1ccccc1CCOc1cccnn1. The van der Waals surface area contributed by atoms with Crippen molar-refractivity contribution in [1.29, 1.82) is 0 Å². The molecule has 0 unspecified atom stereocenters. The lowest BCUT2D eigenvalue weighted by Gasteiger charge is -2.04. The number of hydrogen-bond acceptors (Lipinski definition) is 3. The van der Waals surface area contributed by atoms with Crippen LogP contribution in [0.1, 0.15) is 5.56 Å². The van der Waals surface area contributed by atoms with Crippen molar-refractivity contribution < 1.29 is 9.13 Å². The van der Waals surface area contributed by atoms with Gasteiger partial charge in [0.05, 0.1) is 6.61 Å². The molecule has 0 aliphatic heterocycles. The first-order chi connectivity index (χ1) is 7.86. The molecule has 0 saturated carbocycles. The number of hydrogen-bond donors (Lipinski definition) is 0.